The van der Waals surface area contributed by atoms with E-state index in [0.717, 1.165) is 16.3 Å². The number of anilines is 1. The van der Waals surface area contributed by atoms with Gasteiger partial charge in [-0.05, 0) is 42.6 Å². The van der Waals surface area contributed by atoms with Gasteiger partial charge in [-0.1, -0.05) is 6.07 Å². The fourth-order valence-corrected chi connectivity index (χ4v) is 2.58. The van der Waals surface area contributed by atoms with Gasteiger partial charge in [-0.25, -0.2) is 4.79 Å². The van der Waals surface area contributed by atoms with Crippen LogP contribution in [0.3, 0.4) is 0 Å². The van der Waals surface area contributed by atoms with E-state index in [1.807, 2.05) is 36.6 Å². The van der Waals surface area contributed by atoms with Crippen molar-refractivity contribution in [3.63, 3.8) is 0 Å². The molecule has 0 spiro atoms. The van der Waals surface area contributed by atoms with Crippen LogP contribution in [0, 0.1) is 0 Å². The van der Waals surface area contributed by atoms with Crippen LogP contribution in [-0.2, 0) is 4.74 Å². The quantitative estimate of drug-likeness (QED) is 0.766. The summed E-state index contributed by atoms with van der Waals surface area (Å²) in [6.07, 6.45) is 0. The summed E-state index contributed by atoms with van der Waals surface area (Å²) in [5, 5.41) is 7.70. The monoisotopic (exact) mass is 320 g/mol. The first-order valence-corrected chi connectivity index (χ1v) is 7.89. The van der Waals surface area contributed by atoms with Crippen LogP contribution >= 0.6 is 11.3 Å². The predicted molar refractivity (Wildman–Crippen MR) is 88.7 cm³/mol. The van der Waals surface area contributed by atoms with E-state index in [0.29, 0.717) is 13.2 Å². The van der Waals surface area contributed by atoms with Crippen molar-refractivity contribution in [2.45, 2.75) is 13.0 Å². The van der Waals surface area contributed by atoms with Crippen molar-refractivity contribution in [1.29, 1.82) is 0 Å². The number of carbonyl (C=O) groups excluding carboxylic acids is 1. The van der Waals surface area contributed by atoms with Crippen LogP contribution in [0.4, 0.5) is 10.5 Å². The van der Waals surface area contributed by atoms with E-state index in [4.69, 9.17) is 9.47 Å². The predicted octanol–water partition coefficient (Wildman–Crippen LogP) is 3.66. The Labute approximate surface area is 134 Å². The molecular formula is C16H20N2O3S. The van der Waals surface area contributed by atoms with Crippen LogP contribution in [0.15, 0.2) is 41.8 Å². The summed E-state index contributed by atoms with van der Waals surface area (Å²) in [4.78, 5) is 13.1. The topological polar surface area (TPSA) is 59.6 Å². The van der Waals surface area contributed by atoms with Gasteiger partial charge in [0.2, 0.25) is 0 Å². The van der Waals surface area contributed by atoms with Gasteiger partial charge in [0.15, 0.2) is 0 Å². The van der Waals surface area contributed by atoms with Crippen LogP contribution in [0.25, 0.3) is 0 Å². The van der Waals surface area contributed by atoms with Crippen LogP contribution in [0.2, 0.25) is 0 Å². The van der Waals surface area contributed by atoms with Crippen LogP contribution in [0.1, 0.15) is 17.8 Å². The molecule has 2 aromatic rings. The van der Waals surface area contributed by atoms with Crippen molar-refractivity contribution in [3.05, 3.63) is 46.7 Å². The van der Waals surface area contributed by atoms with E-state index >= 15 is 0 Å². The molecule has 0 bridgehead atoms. The van der Waals surface area contributed by atoms with Gasteiger partial charge in [0.1, 0.15) is 12.4 Å². The molecule has 5 nitrogen and oxygen atoms in total. The number of thiophene rings is 1. The third-order valence-electron chi connectivity index (χ3n) is 2.99. The molecular weight excluding hydrogens is 300 g/mol. The second-order valence-corrected chi connectivity index (χ2v) is 5.68. The highest BCUT2D eigenvalue weighted by Crippen LogP contribution is 2.19. The minimum atomic E-state index is -0.228. The molecule has 0 unspecified atom stereocenters. The standard InChI is InChI=1S/C16H20N2O3S/c1-12(15-4-3-11-22-15)17-16(19)18-13-5-7-14(8-6-13)21-10-9-20-2/h3-8,11-12H,9-10H2,1-2H3,(H2,17,18,19)/t12-/m1/s1. The maximum absolute atomic E-state index is 11.9. The average Bonchev–Trinajstić information content (AvgIpc) is 3.03. The van der Waals surface area contributed by atoms with E-state index in [2.05, 4.69) is 10.6 Å². The van der Waals surface area contributed by atoms with Crippen molar-refractivity contribution in [2.24, 2.45) is 0 Å². The fraction of sp³-hybridized carbons (Fsp3) is 0.312. The van der Waals surface area contributed by atoms with Gasteiger partial charge < -0.3 is 20.1 Å². The number of urea groups is 1. The molecule has 2 N–H and O–H groups in total. The number of amides is 2. The Balaban J connectivity index is 1.81. The lowest BCUT2D eigenvalue weighted by atomic mass is 10.3. The molecule has 1 atom stereocenters. The Morgan fingerprint density at radius 1 is 1.23 bits per heavy atom. The zero-order chi connectivity index (χ0) is 15.8. The summed E-state index contributed by atoms with van der Waals surface area (Å²) in [6.45, 7) is 3.00. The van der Waals surface area contributed by atoms with Gasteiger partial charge in [-0.2, -0.15) is 0 Å². The minimum Gasteiger partial charge on any atom is -0.491 e. The number of ether oxygens (including phenoxy) is 2. The summed E-state index contributed by atoms with van der Waals surface area (Å²) in [5.74, 6) is 0.745. The summed E-state index contributed by atoms with van der Waals surface area (Å²) in [6, 6.07) is 11.0. The zero-order valence-corrected chi connectivity index (χ0v) is 13.5. The van der Waals surface area contributed by atoms with Crippen LogP contribution in [-0.4, -0.2) is 26.4 Å². The molecule has 0 saturated carbocycles. The summed E-state index contributed by atoms with van der Waals surface area (Å²) >= 11 is 1.62. The maximum Gasteiger partial charge on any atom is 0.319 e. The highest BCUT2D eigenvalue weighted by atomic mass is 32.1. The Bertz CT molecular complexity index is 570. The molecule has 1 heterocycles. The van der Waals surface area contributed by atoms with Gasteiger partial charge in [0, 0.05) is 17.7 Å². The lowest BCUT2D eigenvalue weighted by Crippen LogP contribution is -2.30. The highest BCUT2D eigenvalue weighted by Gasteiger charge is 2.10. The molecule has 2 rings (SSSR count). The van der Waals surface area contributed by atoms with Crippen molar-refractivity contribution >= 4 is 23.1 Å². The summed E-state index contributed by atoms with van der Waals surface area (Å²) in [5.41, 5.74) is 0.718. The molecule has 2 amide bonds. The van der Waals surface area contributed by atoms with Gasteiger partial charge in [0.05, 0.1) is 12.6 Å². The summed E-state index contributed by atoms with van der Waals surface area (Å²) < 4.78 is 10.4. The second-order valence-electron chi connectivity index (χ2n) is 4.70. The first-order valence-electron chi connectivity index (χ1n) is 7.02. The van der Waals surface area contributed by atoms with Gasteiger partial charge >= 0.3 is 6.03 Å². The van der Waals surface area contributed by atoms with Gasteiger partial charge in [0.25, 0.3) is 0 Å². The highest BCUT2D eigenvalue weighted by molar-refractivity contribution is 7.10. The molecule has 0 fully saturated rings. The largest absolute Gasteiger partial charge is 0.491 e. The number of methoxy groups -OCH3 is 1. The molecule has 0 radical (unpaired) electrons. The van der Waals surface area contributed by atoms with Crippen LogP contribution < -0.4 is 15.4 Å². The molecule has 0 aliphatic carbocycles. The number of hydrogen-bond acceptors (Lipinski definition) is 4. The van der Waals surface area contributed by atoms with Crippen molar-refractivity contribution in [3.8, 4) is 5.75 Å². The van der Waals surface area contributed by atoms with E-state index in [-0.39, 0.29) is 12.1 Å². The minimum absolute atomic E-state index is 0.0170. The third kappa shape index (κ3) is 5.05. The average molecular weight is 320 g/mol. The summed E-state index contributed by atoms with van der Waals surface area (Å²) in [7, 11) is 1.63. The Morgan fingerprint density at radius 3 is 2.64 bits per heavy atom. The van der Waals surface area contributed by atoms with Crippen molar-refractivity contribution < 1.29 is 14.3 Å². The lowest BCUT2D eigenvalue weighted by Gasteiger charge is -2.13. The van der Waals surface area contributed by atoms with Crippen molar-refractivity contribution in [1.82, 2.24) is 5.32 Å². The van der Waals surface area contributed by atoms with Crippen LogP contribution in [0.5, 0.6) is 5.75 Å². The Kier molecular flexibility index (Phi) is 6.24. The van der Waals surface area contributed by atoms with E-state index in [1.54, 1.807) is 30.6 Å². The Morgan fingerprint density at radius 2 is 2.00 bits per heavy atom. The van der Waals surface area contributed by atoms with E-state index in [1.165, 1.54) is 0 Å². The first-order chi connectivity index (χ1) is 10.7. The van der Waals surface area contributed by atoms with E-state index in [9.17, 15) is 4.79 Å². The molecule has 118 valence electrons. The zero-order valence-electron chi connectivity index (χ0n) is 12.7. The number of hydrogen-bond donors (Lipinski definition) is 2. The molecule has 0 aliphatic heterocycles. The van der Waals surface area contributed by atoms with Gasteiger partial charge in [-0.3, -0.25) is 0 Å². The van der Waals surface area contributed by atoms with Gasteiger partial charge in [-0.15, -0.1) is 11.3 Å². The molecule has 6 heteroatoms. The number of nitrogens with one attached hydrogen (secondary N) is 2. The molecule has 1 aromatic carbocycles. The number of carbonyl (C=O) groups is 1. The first kappa shape index (κ1) is 16.3. The number of benzene rings is 1. The second kappa shape index (κ2) is 8.41. The molecule has 1 aromatic heterocycles. The fourth-order valence-electron chi connectivity index (χ4n) is 1.85. The normalized spacial score (nSPS) is 11.7. The maximum atomic E-state index is 11.9. The van der Waals surface area contributed by atoms with Crippen molar-refractivity contribution in [2.75, 3.05) is 25.6 Å². The Hall–Kier alpha value is -2.05. The van der Waals surface area contributed by atoms with E-state index < -0.39 is 0 Å². The third-order valence-corrected chi connectivity index (χ3v) is 4.04. The molecule has 22 heavy (non-hydrogen) atoms. The lowest BCUT2D eigenvalue weighted by molar-refractivity contribution is 0.146. The molecule has 0 aliphatic rings. The molecule has 0 saturated heterocycles. The number of rotatable bonds is 7. The SMILES string of the molecule is COCCOc1ccc(NC(=O)N[C@H](C)c2cccs2)cc1. The smallest absolute Gasteiger partial charge is 0.319 e.